The summed E-state index contributed by atoms with van der Waals surface area (Å²) in [6.45, 7) is 1.71. The minimum Gasteiger partial charge on any atom is -0.481 e. The minimum absolute atomic E-state index is 0.0574. The molecule has 4 nitrogen and oxygen atoms in total. The van der Waals surface area contributed by atoms with Crippen LogP contribution >= 0.6 is 0 Å². The number of ketones is 1. The number of rotatable bonds is 1. The van der Waals surface area contributed by atoms with Crippen LogP contribution in [0.3, 0.4) is 0 Å². The zero-order chi connectivity index (χ0) is 8.43. The third-order valence-electron chi connectivity index (χ3n) is 1.76. The summed E-state index contributed by atoms with van der Waals surface area (Å²) >= 11 is 0. The van der Waals surface area contributed by atoms with E-state index in [0.29, 0.717) is 6.42 Å². The fraction of sp³-hybridized carbons (Fsp3) is 0.714. The normalized spacial score (nSPS) is 31.9. The number of carbonyl (C=O) groups excluding carboxylic acids is 1. The van der Waals surface area contributed by atoms with E-state index >= 15 is 0 Å². The zero-order valence-corrected chi connectivity index (χ0v) is 6.24. The van der Waals surface area contributed by atoms with Crippen molar-refractivity contribution in [2.75, 3.05) is 6.61 Å². The van der Waals surface area contributed by atoms with Crippen LogP contribution in [-0.4, -0.2) is 29.6 Å². The molecule has 1 aliphatic heterocycles. The summed E-state index contributed by atoms with van der Waals surface area (Å²) in [4.78, 5) is 21.3. The fourth-order valence-corrected chi connectivity index (χ4v) is 1.09. The molecule has 1 aliphatic rings. The maximum atomic E-state index is 10.9. The molecule has 2 unspecified atom stereocenters. The van der Waals surface area contributed by atoms with E-state index < -0.39 is 11.9 Å². The van der Waals surface area contributed by atoms with Gasteiger partial charge in [0.2, 0.25) is 0 Å². The molecule has 0 aliphatic carbocycles. The highest BCUT2D eigenvalue weighted by atomic mass is 16.5. The number of carboxylic acid groups (broad SMARTS) is 1. The minimum atomic E-state index is -1.04. The summed E-state index contributed by atoms with van der Waals surface area (Å²) in [7, 11) is 0. The van der Waals surface area contributed by atoms with Gasteiger partial charge in [0.15, 0.2) is 5.78 Å². The topological polar surface area (TPSA) is 63.6 Å². The Hall–Kier alpha value is -0.900. The number of hydrogen-bond acceptors (Lipinski definition) is 3. The van der Waals surface area contributed by atoms with E-state index in [9.17, 15) is 9.59 Å². The molecule has 4 heteroatoms. The lowest BCUT2D eigenvalue weighted by Gasteiger charge is -2.22. The second kappa shape index (κ2) is 3.00. The standard InChI is InChI=1S/C7H10O4/c1-4-2-5(7(9)10)6(8)3-11-4/h4-5H,2-3H2,1H3,(H,9,10). The third-order valence-corrected chi connectivity index (χ3v) is 1.76. The molecule has 0 aromatic rings. The van der Waals surface area contributed by atoms with Gasteiger partial charge in [0, 0.05) is 0 Å². The van der Waals surface area contributed by atoms with Crippen LogP contribution in [0.25, 0.3) is 0 Å². The molecule has 2 atom stereocenters. The van der Waals surface area contributed by atoms with Gasteiger partial charge in [0.05, 0.1) is 6.10 Å². The van der Waals surface area contributed by atoms with Crippen molar-refractivity contribution in [1.29, 1.82) is 0 Å². The number of carbonyl (C=O) groups is 2. The van der Waals surface area contributed by atoms with Crippen LogP contribution in [0.15, 0.2) is 0 Å². The zero-order valence-electron chi connectivity index (χ0n) is 6.24. The Morgan fingerprint density at radius 2 is 2.36 bits per heavy atom. The first kappa shape index (κ1) is 8.20. The largest absolute Gasteiger partial charge is 0.481 e. The monoisotopic (exact) mass is 158 g/mol. The van der Waals surface area contributed by atoms with Crippen LogP contribution in [0.2, 0.25) is 0 Å². The second-order valence-electron chi connectivity index (χ2n) is 2.71. The Morgan fingerprint density at radius 3 is 2.82 bits per heavy atom. The molecule has 0 spiro atoms. The Balaban J connectivity index is 2.61. The van der Waals surface area contributed by atoms with E-state index in [-0.39, 0.29) is 18.5 Å². The van der Waals surface area contributed by atoms with Gasteiger partial charge >= 0.3 is 5.97 Å². The highest BCUT2D eigenvalue weighted by Crippen LogP contribution is 2.16. The van der Waals surface area contributed by atoms with E-state index in [4.69, 9.17) is 9.84 Å². The van der Waals surface area contributed by atoms with Gasteiger partial charge in [-0.3, -0.25) is 9.59 Å². The SMILES string of the molecule is CC1CC(C(=O)O)C(=O)CO1. The summed E-state index contributed by atoms with van der Waals surface area (Å²) in [6, 6.07) is 0. The van der Waals surface area contributed by atoms with Crippen LogP contribution in [0.5, 0.6) is 0 Å². The first-order valence-electron chi connectivity index (χ1n) is 3.48. The highest BCUT2D eigenvalue weighted by Gasteiger charge is 2.32. The van der Waals surface area contributed by atoms with E-state index in [1.54, 1.807) is 6.92 Å². The Bertz CT molecular complexity index is 187. The van der Waals surface area contributed by atoms with Gasteiger partial charge in [-0.1, -0.05) is 0 Å². The molecule has 0 aromatic heterocycles. The van der Waals surface area contributed by atoms with Crippen molar-refractivity contribution in [1.82, 2.24) is 0 Å². The molecule has 62 valence electrons. The van der Waals surface area contributed by atoms with Crippen molar-refractivity contribution in [3.8, 4) is 0 Å². The lowest BCUT2D eigenvalue weighted by atomic mass is 9.95. The molecule has 11 heavy (non-hydrogen) atoms. The van der Waals surface area contributed by atoms with Crippen molar-refractivity contribution in [3.63, 3.8) is 0 Å². The summed E-state index contributed by atoms with van der Waals surface area (Å²) in [5.41, 5.74) is 0. The Morgan fingerprint density at radius 1 is 1.73 bits per heavy atom. The maximum absolute atomic E-state index is 10.9. The van der Waals surface area contributed by atoms with Gasteiger partial charge in [0.25, 0.3) is 0 Å². The first-order valence-corrected chi connectivity index (χ1v) is 3.48. The van der Waals surface area contributed by atoms with Gasteiger partial charge in [-0.25, -0.2) is 0 Å². The van der Waals surface area contributed by atoms with Crippen LogP contribution in [0, 0.1) is 5.92 Å². The smallest absolute Gasteiger partial charge is 0.314 e. The van der Waals surface area contributed by atoms with Crippen molar-refractivity contribution < 1.29 is 19.4 Å². The third kappa shape index (κ3) is 1.77. The highest BCUT2D eigenvalue weighted by molar-refractivity contribution is 5.99. The summed E-state index contributed by atoms with van der Waals surface area (Å²) < 4.78 is 4.96. The van der Waals surface area contributed by atoms with Crippen molar-refractivity contribution in [2.24, 2.45) is 5.92 Å². The van der Waals surface area contributed by atoms with Gasteiger partial charge < -0.3 is 9.84 Å². The summed E-state index contributed by atoms with van der Waals surface area (Å²) in [6.07, 6.45) is 0.183. The molecule has 1 fully saturated rings. The lowest BCUT2D eigenvalue weighted by Crippen LogP contribution is -2.36. The van der Waals surface area contributed by atoms with Gasteiger partial charge in [-0.05, 0) is 13.3 Å². The first-order chi connectivity index (χ1) is 5.11. The quantitative estimate of drug-likeness (QED) is 0.548. The second-order valence-corrected chi connectivity index (χ2v) is 2.71. The summed E-state index contributed by atoms with van der Waals surface area (Å²) in [5.74, 6) is -2.21. The molecular weight excluding hydrogens is 148 g/mol. The number of carboxylic acids is 1. The van der Waals surface area contributed by atoms with Crippen LogP contribution in [-0.2, 0) is 14.3 Å². The van der Waals surface area contributed by atoms with Crippen molar-refractivity contribution in [3.05, 3.63) is 0 Å². The van der Waals surface area contributed by atoms with Crippen LogP contribution in [0.4, 0.5) is 0 Å². The number of hydrogen-bond donors (Lipinski definition) is 1. The van der Waals surface area contributed by atoms with Crippen molar-refractivity contribution >= 4 is 11.8 Å². The predicted molar refractivity (Wildman–Crippen MR) is 36.2 cm³/mol. The molecule has 1 rings (SSSR count). The molecule has 1 N–H and O–H groups in total. The van der Waals surface area contributed by atoms with Gasteiger partial charge in [-0.2, -0.15) is 0 Å². The Kier molecular flexibility index (Phi) is 2.24. The number of Topliss-reactive ketones (excluding diaryl/α,β-unsaturated/α-hetero) is 1. The predicted octanol–water partition coefficient (Wildman–Crippen LogP) is 0.0651. The van der Waals surface area contributed by atoms with Gasteiger partial charge in [-0.15, -0.1) is 0 Å². The molecule has 1 heterocycles. The fourth-order valence-electron chi connectivity index (χ4n) is 1.09. The van der Waals surface area contributed by atoms with Crippen LogP contribution < -0.4 is 0 Å². The maximum Gasteiger partial charge on any atom is 0.314 e. The molecule has 0 bridgehead atoms. The van der Waals surface area contributed by atoms with Crippen LogP contribution in [0.1, 0.15) is 13.3 Å². The van der Waals surface area contributed by atoms with E-state index in [0.717, 1.165) is 0 Å². The average molecular weight is 158 g/mol. The van der Waals surface area contributed by atoms with E-state index in [1.165, 1.54) is 0 Å². The molecule has 0 saturated carbocycles. The molecular formula is C7H10O4. The molecule has 0 aromatic carbocycles. The van der Waals surface area contributed by atoms with Gasteiger partial charge in [0.1, 0.15) is 12.5 Å². The number of aliphatic carboxylic acids is 1. The number of ether oxygens (including phenoxy) is 1. The molecule has 0 amide bonds. The molecule has 1 saturated heterocycles. The van der Waals surface area contributed by atoms with E-state index in [2.05, 4.69) is 0 Å². The average Bonchev–Trinajstić information content (AvgIpc) is 1.94. The van der Waals surface area contributed by atoms with Crippen molar-refractivity contribution in [2.45, 2.75) is 19.4 Å². The Labute approximate surface area is 64.2 Å². The molecule has 0 radical (unpaired) electrons. The summed E-state index contributed by atoms with van der Waals surface area (Å²) in [5, 5.41) is 8.55. The van der Waals surface area contributed by atoms with E-state index in [1.807, 2.05) is 0 Å². The lowest BCUT2D eigenvalue weighted by molar-refractivity contribution is -0.154.